The van der Waals surface area contributed by atoms with Gasteiger partial charge in [0.25, 0.3) is 5.91 Å². The van der Waals surface area contributed by atoms with Crippen molar-refractivity contribution in [3.8, 4) is 35.4 Å². The first-order chi connectivity index (χ1) is 26.0. The molecule has 0 aliphatic carbocycles. The van der Waals surface area contributed by atoms with Crippen molar-refractivity contribution in [2.75, 3.05) is 37.7 Å². The molecule has 5 aliphatic rings. The molecule has 5 saturated heterocycles. The number of alkyl halides is 1. The number of ether oxygens (including phenoxy) is 2. The minimum atomic E-state index is -0.975. The summed E-state index contributed by atoms with van der Waals surface area (Å²) in [5.74, 6) is -0.0805. The lowest BCUT2D eigenvalue weighted by Crippen LogP contribution is -2.63. The zero-order valence-electron chi connectivity index (χ0n) is 29.9. The summed E-state index contributed by atoms with van der Waals surface area (Å²) in [5, 5.41) is 11.5. The molecule has 0 radical (unpaired) electrons. The second-order valence-electron chi connectivity index (χ2n) is 15.7. The molecule has 5 aliphatic heterocycles. The van der Waals surface area contributed by atoms with E-state index in [1.807, 2.05) is 23.6 Å². The van der Waals surface area contributed by atoms with E-state index in [0.29, 0.717) is 37.3 Å². The van der Waals surface area contributed by atoms with Gasteiger partial charge < -0.3 is 24.4 Å². The van der Waals surface area contributed by atoms with Crippen LogP contribution in [0, 0.1) is 35.8 Å². The number of phenolic OH excluding ortho intramolecular Hbond substituents is 1. The zero-order chi connectivity index (χ0) is 37.6. The van der Waals surface area contributed by atoms with E-state index in [-0.39, 0.29) is 81.4 Å². The minimum absolute atomic E-state index is 0.0388. The molecule has 2 aromatic heterocycles. The number of cyclic esters (lactones) is 1. The fraction of sp³-hybridized carbons (Fsp3) is 0.475. The number of amides is 1. The van der Waals surface area contributed by atoms with Crippen molar-refractivity contribution in [1.82, 2.24) is 24.8 Å². The number of phenols is 1. The van der Waals surface area contributed by atoms with Gasteiger partial charge in [-0.2, -0.15) is 9.97 Å². The largest absolute Gasteiger partial charge is 0.508 e. The van der Waals surface area contributed by atoms with Crippen LogP contribution in [0.15, 0.2) is 30.5 Å². The third kappa shape index (κ3) is 5.33. The summed E-state index contributed by atoms with van der Waals surface area (Å²) in [6, 6.07) is 4.83. The van der Waals surface area contributed by atoms with E-state index in [2.05, 4.69) is 20.8 Å². The van der Waals surface area contributed by atoms with Gasteiger partial charge in [-0.3, -0.25) is 19.5 Å². The number of fused-ring (bicyclic) bond motifs is 5. The number of carbonyl (C=O) groups is 2. The number of benzene rings is 2. The molecule has 0 spiro atoms. The zero-order valence-corrected chi connectivity index (χ0v) is 29.9. The van der Waals surface area contributed by atoms with E-state index < -0.39 is 35.4 Å². The Morgan fingerprint density at radius 1 is 1.17 bits per heavy atom. The number of nitrogens with zero attached hydrogens (tertiary/aromatic N) is 6. The van der Waals surface area contributed by atoms with Crippen molar-refractivity contribution in [3.05, 3.63) is 47.7 Å². The first-order valence-corrected chi connectivity index (χ1v) is 18.5. The van der Waals surface area contributed by atoms with Gasteiger partial charge in [0, 0.05) is 55.3 Å². The Morgan fingerprint density at radius 2 is 1.94 bits per heavy atom. The summed E-state index contributed by atoms with van der Waals surface area (Å²) in [6.45, 7) is 5.75. The van der Waals surface area contributed by atoms with Crippen LogP contribution in [0.5, 0.6) is 11.8 Å². The Hall–Kier alpha value is -5.16. The summed E-state index contributed by atoms with van der Waals surface area (Å²) >= 11 is 0. The standard InChI is InChI=1S/C40H39F3N6O5/c1-4-26-29(42)9-6-21-12-25(50)13-27(31(21)26)33-32(43)34-28(15-44-33)36(46-39(45-34)53-19-40-10-5-11-48(40)16-22(41)14-40)47-17-23-7-8-24(18-47)49(23)37(51)35-30(20(2)3)38(52)54-35/h1,6,9,12-13,15,20,22-24,30,35,50H,5,7-8,10-11,14,16-19H2,2-3H3/t22-,23-,24+,30-,35-,40+/m1/s1. The fourth-order valence-electron chi connectivity index (χ4n) is 9.65. The van der Waals surface area contributed by atoms with Crippen molar-refractivity contribution in [2.24, 2.45) is 11.8 Å². The van der Waals surface area contributed by atoms with E-state index in [0.717, 1.165) is 32.2 Å². The lowest BCUT2D eigenvalue weighted by molar-refractivity contribution is -0.197. The van der Waals surface area contributed by atoms with Crippen LogP contribution in [-0.2, 0) is 14.3 Å². The Bertz CT molecular complexity index is 2270. The Kier molecular flexibility index (Phi) is 8.15. The molecule has 9 rings (SSSR count). The first kappa shape index (κ1) is 34.6. The maximum Gasteiger partial charge on any atom is 0.319 e. The van der Waals surface area contributed by atoms with Gasteiger partial charge in [-0.25, -0.2) is 13.2 Å². The SMILES string of the molecule is C#Cc1c(F)ccc2cc(O)cc(-c3ncc4c(N5C[C@H]6CC[C@@H](C5)N6C(=O)[C@@H]5OC(=O)[C@@H]5C(C)C)nc(OC[C@@]56CCCN5C[C@H](F)C6)nc4c3F)c12. The first-order valence-electron chi connectivity index (χ1n) is 18.5. The Balaban J connectivity index is 1.12. The predicted molar refractivity (Wildman–Crippen MR) is 192 cm³/mol. The average molecular weight is 741 g/mol. The number of esters is 1. The average Bonchev–Trinajstić information content (AvgIpc) is 3.75. The number of anilines is 1. The van der Waals surface area contributed by atoms with Crippen molar-refractivity contribution in [2.45, 2.75) is 75.8 Å². The number of carbonyl (C=O) groups excluding carboxylic acids is 2. The third-order valence-electron chi connectivity index (χ3n) is 12.2. The number of pyridine rings is 1. The van der Waals surface area contributed by atoms with E-state index in [1.54, 1.807) is 0 Å². The predicted octanol–water partition coefficient (Wildman–Crippen LogP) is 5.14. The molecule has 5 fully saturated rings. The molecule has 7 heterocycles. The minimum Gasteiger partial charge on any atom is -0.508 e. The van der Waals surface area contributed by atoms with Crippen LogP contribution in [0.25, 0.3) is 32.9 Å². The van der Waals surface area contributed by atoms with Gasteiger partial charge in [-0.1, -0.05) is 25.8 Å². The maximum atomic E-state index is 17.1. The van der Waals surface area contributed by atoms with Gasteiger partial charge in [-0.05, 0) is 61.7 Å². The molecule has 4 aromatic rings. The molecule has 2 bridgehead atoms. The molecule has 1 amide bonds. The van der Waals surface area contributed by atoms with Gasteiger partial charge in [0.15, 0.2) is 11.9 Å². The number of rotatable bonds is 7. The van der Waals surface area contributed by atoms with Gasteiger partial charge in [0.2, 0.25) is 0 Å². The van der Waals surface area contributed by atoms with Crippen LogP contribution in [0.2, 0.25) is 0 Å². The van der Waals surface area contributed by atoms with Crippen LogP contribution in [-0.4, -0.2) is 104 Å². The van der Waals surface area contributed by atoms with Crippen LogP contribution in [0.4, 0.5) is 19.0 Å². The second kappa shape index (κ2) is 12.7. The molecular weight excluding hydrogens is 701 g/mol. The summed E-state index contributed by atoms with van der Waals surface area (Å²) in [6.07, 6.45) is 8.80. The Morgan fingerprint density at radius 3 is 2.67 bits per heavy atom. The molecule has 280 valence electrons. The Labute approximate surface area is 309 Å². The molecule has 54 heavy (non-hydrogen) atoms. The molecule has 6 atom stereocenters. The smallest absolute Gasteiger partial charge is 0.319 e. The number of piperazine rings is 1. The van der Waals surface area contributed by atoms with E-state index in [1.165, 1.54) is 30.5 Å². The van der Waals surface area contributed by atoms with Gasteiger partial charge in [0.05, 0.1) is 16.5 Å². The monoisotopic (exact) mass is 740 g/mol. The molecule has 1 N–H and O–H groups in total. The third-order valence-corrected chi connectivity index (χ3v) is 12.2. The molecule has 2 aromatic carbocycles. The maximum absolute atomic E-state index is 17.1. The molecule has 0 unspecified atom stereocenters. The normalized spacial score (nSPS) is 27.7. The molecular formula is C40H39F3N6O5. The molecule has 11 nitrogen and oxygen atoms in total. The summed E-state index contributed by atoms with van der Waals surface area (Å²) in [7, 11) is 0. The van der Waals surface area contributed by atoms with Crippen LogP contribution < -0.4 is 9.64 Å². The van der Waals surface area contributed by atoms with Crippen molar-refractivity contribution >= 4 is 39.4 Å². The van der Waals surface area contributed by atoms with Crippen LogP contribution >= 0.6 is 0 Å². The highest BCUT2D eigenvalue weighted by Gasteiger charge is 2.54. The lowest BCUT2D eigenvalue weighted by atomic mass is 9.85. The highest BCUT2D eigenvalue weighted by Crippen LogP contribution is 2.43. The summed E-state index contributed by atoms with van der Waals surface area (Å²) in [5.41, 5.74) is -0.847. The number of aromatic hydroxyl groups is 1. The van der Waals surface area contributed by atoms with E-state index in [9.17, 15) is 23.5 Å². The molecule has 14 heteroatoms. The number of hydrogen-bond acceptors (Lipinski definition) is 10. The number of hydrogen-bond donors (Lipinski definition) is 1. The number of aromatic nitrogens is 3. The van der Waals surface area contributed by atoms with Crippen LogP contribution in [0.1, 0.15) is 51.5 Å². The van der Waals surface area contributed by atoms with Crippen LogP contribution in [0.3, 0.4) is 0 Å². The van der Waals surface area contributed by atoms with E-state index >= 15 is 4.39 Å². The van der Waals surface area contributed by atoms with Gasteiger partial charge in [0.1, 0.15) is 47.3 Å². The second-order valence-corrected chi connectivity index (χ2v) is 15.7. The molecule has 0 saturated carbocycles. The van der Waals surface area contributed by atoms with Gasteiger partial charge >= 0.3 is 12.0 Å². The van der Waals surface area contributed by atoms with Gasteiger partial charge in [-0.15, -0.1) is 6.42 Å². The number of halogens is 3. The van der Waals surface area contributed by atoms with Crippen molar-refractivity contribution < 1.29 is 37.3 Å². The van der Waals surface area contributed by atoms with Crippen molar-refractivity contribution in [1.29, 1.82) is 0 Å². The fourth-order valence-corrected chi connectivity index (χ4v) is 9.65. The topological polar surface area (TPSA) is 121 Å². The number of terminal acetylenes is 1. The summed E-state index contributed by atoms with van der Waals surface area (Å²) < 4.78 is 58.3. The summed E-state index contributed by atoms with van der Waals surface area (Å²) in [4.78, 5) is 45.8. The highest BCUT2D eigenvalue weighted by molar-refractivity contribution is 6.03. The lowest BCUT2D eigenvalue weighted by Gasteiger charge is -2.45. The van der Waals surface area contributed by atoms with Crippen molar-refractivity contribution in [3.63, 3.8) is 0 Å². The highest BCUT2D eigenvalue weighted by atomic mass is 19.1. The quantitative estimate of drug-likeness (QED) is 0.202. The van der Waals surface area contributed by atoms with E-state index in [4.69, 9.17) is 20.9 Å².